The van der Waals surface area contributed by atoms with Gasteiger partial charge in [0.25, 0.3) is 10.1 Å². The standard InChI is InChI=1S/C24H32O7S/c1-6-28-23(25)24(4,31-22-13-9-20(10-14-22)18(2)3)17-19-7-11-21(12-8-19)29-15-16-30-32(5,26)27/h7-14,18H,6,15-17H2,1-5H3. The molecule has 8 heteroatoms. The molecule has 1 unspecified atom stereocenters. The zero-order chi connectivity index (χ0) is 23.8. The summed E-state index contributed by atoms with van der Waals surface area (Å²) < 4.78 is 43.5. The Morgan fingerprint density at radius 2 is 1.56 bits per heavy atom. The van der Waals surface area contributed by atoms with E-state index in [1.807, 2.05) is 36.4 Å². The third-order valence-electron chi connectivity index (χ3n) is 4.71. The van der Waals surface area contributed by atoms with E-state index >= 15 is 0 Å². The number of hydrogen-bond acceptors (Lipinski definition) is 7. The van der Waals surface area contributed by atoms with Gasteiger partial charge in [-0.1, -0.05) is 38.1 Å². The number of rotatable bonds is 12. The summed E-state index contributed by atoms with van der Waals surface area (Å²) in [5, 5.41) is 0. The van der Waals surface area contributed by atoms with Crippen LogP contribution in [0, 0.1) is 0 Å². The second-order valence-corrected chi connectivity index (χ2v) is 9.62. The molecule has 176 valence electrons. The molecule has 2 rings (SSSR count). The zero-order valence-electron chi connectivity index (χ0n) is 19.3. The molecule has 0 saturated carbocycles. The molecule has 0 N–H and O–H groups in total. The second-order valence-electron chi connectivity index (χ2n) is 7.97. The van der Waals surface area contributed by atoms with Crippen molar-refractivity contribution in [2.24, 2.45) is 0 Å². The van der Waals surface area contributed by atoms with E-state index in [1.54, 1.807) is 26.0 Å². The summed E-state index contributed by atoms with van der Waals surface area (Å²) in [5.74, 6) is 1.12. The van der Waals surface area contributed by atoms with Gasteiger partial charge in [-0.15, -0.1) is 0 Å². The Bertz CT molecular complexity index is 966. The predicted octanol–water partition coefficient (Wildman–Crippen LogP) is 4.11. The van der Waals surface area contributed by atoms with Crippen molar-refractivity contribution in [2.75, 3.05) is 26.1 Å². The molecule has 32 heavy (non-hydrogen) atoms. The van der Waals surface area contributed by atoms with Crippen LogP contribution < -0.4 is 9.47 Å². The van der Waals surface area contributed by atoms with Crippen LogP contribution in [-0.2, 0) is 30.3 Å². The minimum atomic E-state index is -3.49. The summed E-state index contributed by atoms with van der Waals surface area (Å²) in [6.07, 6.45) is 1.29. The van der Waals surface area contributed by atoms with Crippen molar-refractivity contribution < 1.29 is 31.6 Å². The van der Waals surface area contributed by atoms with E-state index in [1.165, 1.54) is 5.56 Å². The second kappa shape index (κ2) is 11.3. The highest BCUT2D eigenvalue weighted by Crippen LogP contribution is 2.26. The maximum absolute atomic E-state index is 12.7. The van der Waals surface area contributed by atoms with Gasteiger partial charge in [0.2, 0.25) is 5.60 Å². The highest BCUT2D eigenvalue weighted by Gasteiger charge is 2.37. The van der Waals surface area contributed by atoms with Gasteiger partial charge in [-0.05, 0) is 55.2 Å². The third kappa shape index (κ3) is 8.16. The first-order valence-corrected chi connectivity index (χ1v) is 12.4. The molecular formula is C24H32O7S. The largest absolute Gasteiger partial charge is 0.491 e. The molecule has 0 radical (unpaired) electrons. The van der Waals surface area contributed by atoms with Crippen molar-refractivity contribution in [3.63, 3.8) is 0 Å². The normalized spacial score (nSPS) is 13.4. The molecule has 0 bridgehead atoms. The molecule has 0 saturated heterocycles. The maximum atomic E-state index is 12.7. The highest BCUT2D eigenvalue weighted by atomic mass is 32.2. The predicted molar refractivity (Wildman–Crippen MR) is 123 cm³/mol. The van der Waals surface area contributed by atoms with E-state index in [9.17, 15) is 13.2 Å². The molecule has 2 aromatic rings. The molecule has 0 aliphatic heterocycles. The number of ether oxygens (including phenoxy) is 3. The fourth-order valence-corrected chi connectivity index (χ4v) is 3.42. The summed E-state index contributed by atoms with van der Waals surface area (Å²) in [5.41, 5.74) is 0.841. The van der Waals surface area contributed by atoms with Gasteiger partial charge < -0.3 is 14.2 Å². The van der Waals surface area contributed by atoms with Crippen LogP contribution in [0.1, 0.15) is 44.7 Å². The van der Waals surface area contributed by atoms with Crippen LogP contribution in [0.3, 0.4) is 0 Å². The fourth-order valence-electron chi connectivity index (χ4n) is 3.05. The van der Waals surface area contributed by atoms with Gasteiger partial charge in [-0.3, -0.25) is 4.18 Å². The van der Waals surface area contributed by atoms with Crippen molar-refractivity contribution >= 4 is 16.1 Å². The summed E-state index contributed by atoms with van der Waals surface area (Å²) in [6, 6.07) is 14.9. The van der Waals surface area contributed by atoms with Gasteiger partial charge >= 0.3 is 5.97 Å². The van der Waals surface area contributed by atoms with E-state index < -0.39 is 21.7 Å². The van der Waals surface area contributed by atoms with E-state index in [4.69, 9.17) is 14.2 Å². The fraction of sp³-hybridized carbons (Fsp3) is 0.458. The maximum Gasteiger partial charge on any atom is 0.350 e. The lowest BCUT2D eigenvalue weighted by molar-refractivity contribution is -0.160. The zero-order valence-corrected chi connectivity index (χ0v) is 20.1. The Labute approximate surface area is 190 Å². The molecule has 0 amide bonds. The Hall–Kier alpha value is -2.58. The number of benzene rings is 2. The van der Waals surface area contributed by atoms with E-state index in [0.717, 1.165) is 11.8 Å². The van der Waals surface area contributed by atoms with Crippen molar-refractivity contribution in [1.82, 2.24) is 0 Å². The summed E-state index contributed by atoms with van der Waals surface area (Å²) >= 11 is 0. The Morgan fingerprint density at radius 3 is 2.09 bits per heavy atom. The molecule has 1 atom stereocenters. The Balaban J connectivity index is 2.08. The first-order chi connectivity index (χ1) is 15.0. The number of carbonyl (C=O) groups excluding carboxylic acids is 1. The smallest absolute Gasteiger partial charge is 0.350 e. The van der Waals surface area contributed by atoms with Gasteiger partial charge in [-0.25, -0.2) is 4.79 Å². The average Bonchev–Trinajstić information content (AvgIpc) is 2.72. The van der Waals surface area contributed by atoms with Crippen LogP contribution in [0.15, 0.2) is 48.5 Å². The Kier molecular flexibility index (Phi) is 9.09. The summed E-state index contributed by atoms with van der Waals surface area (Å²) in [4.78, 5) is 12.7. The first-order valence-electron chi connectivity index (χ1n) is 10.5. The quantitative estimate of drug-likeness (QED) is 0.265. The molecule has 7 nitrogen and oxygen atoms in total. The SMILES string of the molecule is CCOC(=O)C(C)(Cc1ccc(OCCOS(C)(=O)=O)cc1)Oc1ccc(C(C)C)cc1. The van der Waals surface area contributed by atoms with Crippen molar-refractivity contribution in [3.8, 4) is 11.5 Å². The van der Waals surface area contributed by atoms with E-state index in [0.29, 0.717) is 23.8 Å². The number of carbonyl (C=O) groups is 1. The van der Waals surface area contributed by atoms with E-state index in [-0.39, 0.29) is 19.8 Å². The lowest BCUT2D eigenvalue weighted by Gasteiger charge is -2.29. The van der Waals surface area contributed by atoms with Crippen LogP contribution in [0.25, 0.3) is 0 Å². The van der Waals surface area contributed by atoms with Gasteiger partial charge in [0.15, 0.2) is 0 Å². The molecule has 2 aromatic carbocycles. The number of esters is 1. The molecule has 0 fully saturated rings. The molecule has 0 aliphatic rings. The topological polar surface area (TPSA) is 88.1 Å². The van der Waals surface area contributed by atoms with Crippen molar-refractivity contribution in [2.45, 2.75) is 45.6 Å². The minimum absolute atomic E-state index is 0.0645. The van der Waals surface area contributed by atoms with Gasteiger partial charge in [0.05, 0.1) is 12.9 Å². The molecule has 0 aliphatic carbocycles. The van der Waals surface area contributed by atoms with Crippen LogP contribution >= 0.6 is 0 Å². The third-order valence-corrected chi connectivity index (χ3v) is 5.31. The van der Waals surface area contributed by atoms with Crippen molar-refractivity contribution in [1.29, 1.82) is 0 Å². The monoisotopic (exact) mass is 464 g/mol. The molecular weight excluding hydrogens is 432 g/mol. The van der Waals surface area contributed by atoms with Crippen LogP contribution in [0.4, 0.5) is 0 Å². The van der Waals surface area contributed by atoms with E-state index in [2.05, 4.69) is 18.0 Å². The van der Waals surface area contributed by atoms with Gasteiger partial charge in [-0.2, -0.15) is 8.42 Å². The summed E-state index contributed by atoms with van der Waals surface area (Å²) in [7, 11) is -3.49. The Morgan fingerprint density at radius 1 is 0.969 bits per heavy atom. The highest BCUT2D eigenvalue weighted by molar-refractivity contribution is 7.85. The lowest BCUT2D eigenvalue weighted by atomic mass is 9.96. The summed E-state index contributed by atoms with van der Waals surface area (Å²) in [6.45, 7) is 8.00. The first kappa shape index (κ1) is 25.7. The van der Waals surface area contributed by atoms with Gasteiger partial charge in [0.1, 0.15) is 24.7 Å². The molecule has 0 heterocycles. The molecule has 0 spiro atoms. The van der Waals surface area contributed by atoms with Crippen molar-refractivity contribution in [3.05, 3.63) is 59.7 Å². The van der Waals surface area contributed by atoms with Crippen LogP contribution in [0.2, 0.25) is 0 Å². The average molecular weight is 465 g/mol. The van der Waals surface area contributed by atoms with Crippen LogP contribution in [0.5, 0.6) is 11.5 Å². The van der Waals surface area contributed by atoms with Gasteiger partial charge in [0, 0.05) is 6.42 Å². The lowest BCUT2D eigenvalue weighted by Crippen LogP contribution is -2.45. The molecule has 0 aromatic heterocycles. The van der Waals surface area contributed by atoms with Crippen LogP contribution in [-0.4, -0.2) is 46.1 Å². The minimum Gasteiger partial charge on any atom is -0.491 e. The number of hydrogen-bond donors (Lipinski definition) is 0.